The molecule has 0 rings (SSSR count). The highest BCUT2D eigenvalue weighted by Crippen LogP contribution is 2.20. The van der Waals surface area contributed by atoms with E-state index in [2.05, 4.69) is 43.6 Å². The molecule has 0 radical (unpaired) electrons. The van der Waals surface area contributed by atoms with Gasteiger partial charge < -0.3 is 10.2 Å². The Balaban J connectivity index is 5.18. The van der Waals surface area contributed by atoms with Crippen molar-refractivity contribution in [3.63, 3.8) is 0 Å². The van der Waals surface area contributed by atoms with E-state index in [1.165, 1.54) is 0 Å². The van der Waals surface area contributed by atoms with Crippen molar-refractivity contribution in [3.05, 3.63) is 35.7 Å². The first-order valence-electron chi connectivity index (χ1n) is 5.66. The number of allylic oxidation sites excluding steroid dienone is 3. The monoisotopic (exact) mass is 233 g/mol. The lowest BCUT2D eigenvalue weighted by atomic mass is 10.0. The quantitative estimate of drug-likeness (QED) is 0.599. The van der Waals surface area contributed by atoms with E-state index in [0.29, 0.717) is 5.57 Å². The first-order chi connectivity index (χ1) is 7.77. The summed E-state index contributed by atoms with van der Waals surface area (Å²) in [7, 11) is 3.83. The van der Waals surface area contributed by atoms with E-state index < -0.39 is 0 Å². The minimum Gasteiger partial charge on any atom is -0.386 e. The van der Waals surface area contributed by atoms with Crippen LogP contribution in [0.25, 0.3) is 0 Å². The summed E-state index contributed by atoms with van der Waals surface area (Å²) >= 11 is 0. The number of nitriles is 1. The number of nitrogens with zero attached hydrogens (tertiary/aromatic N) is 2. The minimum absolute atomic E-state index is 0.00421. The van der Waals surface area contributed by atoms with Crippen LogP contribution in [-0.4, -0.2) is 24.5 Å². The van der Waals surface area contributed by atoms with Crippen LogP contribution in [0.15, 0.2) is 35.7 Å². The van der Waals surface area contributed by atoms with Crippen LogP contribution in [-0.2, 0) is 0 Å². The highest BCUT2D eigenvalue weighted by atomic mass is 15.2. The molecule has 0 bridgehead atoms. The van der Waals surface area contributed by atoms with E-state index in [-0.39, 0.29) is 5.54 Å². The van der Waals surface area contributed by atoms with Crippen LogP contribution in [0.3, 0.4) is 0 Å². The van der Waals surface area contributed by atoms with Crippen molar-refractivity contribution in [2.24, 2.45) is 0 Å². The van der Waals surface area contributed by atoms with Crippen LogP contribution >= 0.6 is 0 Å². The highest BCUT2D eigenvalue weighted by molar-refractivity contribution is 5.40. The molecule has 0 aliphatic rings. The largest absolute Gasteiger partial charge is 0.386 e. The Morgan fingerprint density at radius 2 is 1.94 bits per heavy atom. The second-order valence-corrected chi connectivity index (χ2v) is 4.84. The van der Waals surface area contributed by atoms with Gasteiger partial charge in [0.05, 0.1) is 17.5 Å². The summed E-state index contributed by atoms with van der Waals surface area (Å²) in [6, 6.07) is 2.13. The average molecular weight is 233 g/mol. The molecule has 0 aliphatic carbocycles. The molecule has 17 heavy (non-hydrogen) atoms. The predicted molar refractivity (Wildman–Crippen MR) is 73.2 cm³/mol. The van der Waals surface area contributed by atoms with Gasteiger partial charge in [0.15, 0.2) is 0 Å². The van der Waals surface area contributed by atoms with Crippen LogP contribution in [0.4, 0.5) is 0 Å². The summed E-state index contributed by atoms with van der Waals surface area (Å²) in [4.78, 5) is 2.08. The topological polar surface area (TPSA) is 39.1 Å². The second-order valence-electron chi connectivity index (χ2n) is 4.84. The normalized spacial score (nSPS) is 13.0. The van der Waals surface area contributed by atoms with Gasteiger partial charge in [-0.15, -0.1) is 0 Å². The molecule has 3 heteroatoms. The zero-order chi connectivity index (χ0) is 13.6. The van der Waals surface area contributed by atoms with E-state index >= 15 is 0 Å². The molecule has 0 heterocycles. The van der Waals surface area contributed by atoms with Crippen LogP contribution in [0.2, 0.25) is 0 Å². The first-order valence-corrected chi connectivity index (χ1v) is 5.66. The Bertz CT molecular complexity index is 375. The zero-order valence-electron chi connectivity index (χ0n) is 11.8. The van der Waals surface area contributed by atoms with E-state index in [1.807, 2.05) is 27.1 Å². The third-order valence-corrected chi connectivity index (χ3v) is 2.73. The van der Waals surface area contributed by atoms with Gasteiger partial charge in [0, 0.05) is 25.2 Å². The zero-order valence-corrected chi connectivity index (χ0v) is 11.8. The fourth-order valence-electron chi connectivity index (χ4n) is 1.22. The lowest BCUT2D eigenvalue weighted by Crippen LogP contribution is -2.38. The number of nitrogens with one attached hydrogen (secondary N) is 1. The average Bonchev–Trinajstić information content (AvgIpc) is 2.28. The Hall–Kier alpha value is -1.69. The molecule has 3 nitrogen and oxygen atoms in total. The van der Waals surface area contributed by atoms with E-state index in [4.69, 9.17) is 5.26 Å². The SMILES string of the molecule is C=C(/C(=C\C(C#N)=C/C)NC)N(C)C(C)(C)C. The number of likely N-dealkylation sites (N-methyl/N-ethyl adjacent to an activating group) is 2. The maximum Gasteiger partial charge on any atom is 0.0988 e. The van der Waals surface area contributed by atoms with Gasteiger partial charge in [0.25, 0.3) is 0 Å². The first kappa shape index (κ1) is 15.3. The van der Waals surface area contributed by atoms with E-state index in [1.54, 1.807) is 6.08 Å². The highest BCUT2D eigenvalue weighted by Gasteiger charge is 2.20. The molecule has 0 unspecified atom stereocenters. The molecule has 94 valence electrons. The summed E-state index contributed by atoms with van der Waals surface area (Å²) in [5.74, 6) is 0. The molecule has 0 aromatic heterocycles. The van der Waals surface area contributed by atoms with Gasteiger partial charge in [-0.1, -0.05) is 12.7 Å². The van der Waals surface area contributed by atoms with Gasteiger partial charge >= 0.3 is 0 Å². The number of hydrogen-bond acceptors (Lipinski definition) is 3. The van der Waals surface area contributed by atoms with Crippen molar-refractivity contribution in [3.8, 4) is 6.07 Å². The Labute approximate surface area is 105 Å². The lowest BCUT2D eigenvalue weighted by Gasteiger charge is -2.36. The standard InChI is InChI=1S/C14H23N3/c1-8-12(10-15)9-13(16-6)11(2)17(7)14(3,4)5/h8-9,16H,2H2,1,3-7H3/b12-8+,13-9+. The molecule has 0 aromatic rings. The van der Waals surface area contributed by atoms with Gasteiger partial charge in [0.2, 0.25) is 0 Å². The molecule has 0 atom stereocenters. The molecule has 1 N–H and O–H groups in total. The van der Waals surface area contributed by atoms with Crippen LogP contribution in [0.1, 0.15) is 27.7 Å². The van der Waals surface area contributed by atoms with Gasteiger partial charge in [-0.2, -0.15) is 5.26 Å². The fraction of sp³-hybridized carbons (Fsp3) is 0.500. The van der Waals surface area contributed by atoms with Gasteiger partial charge in [-0.3, -0.25) is 0 Å². The lowest BCUT2D eigenvalue weighted by molar-refractivity contribution is 0.231. The van der Waals surface area contributed by atoms with Crippen LogP contribution in [0, 0.1) is 11.3 Å². The molecule has 0 aliphatic heterocycles. The van der Waals surface area contributed by atoms with Crippen molar-refractivity contribution >= 4 is 0 Å². The smallest absolute Gasteiger partial charge is 0.0988 e. The van der Waals surface area contributed by atoms with Gasteiger partial charge in [0.1, 0.15) is 0 Å². The summed E-state index contributed by atoms with van der Waals surface area (Å²) in [6.45, 7) is 12.3. The summed E-state index contributed by atoms with van der Waals surface area (Å²) < 4.78 is 0. The van der Waals surface area contributed by atoms with Crippen molar-refractivity contribution in [1.82, 2.24) is 10.2 Å². The summed E-state index contributed by atoms with van der Waals surface area (Å²) in [6.07, 6.45) is 3.59. The van der Waals surface area contributed by atoms with Crippen molar-refractivity contribution in [2.75, 3.05) is 14.1 Å². The Kier molecular flexibility index (Phi) is 5.53. The molecular weight excluding hydrogens is 210 g/mol. The maximum absolute atomic E-state index is 8.92. The Morgan fingerprint density at radius 1 is 1.41 bits per heavy atom. The van der Waals surface area contributed by atoms with E-state index in [0.717, 1.165) is 11.4 Å². The van der Waals surface area contributed by atoms with Gasteiger partial charge in [-0.25, -0.2) is 0 Å². The summed E-state index contributed by atoms with van der Waals surface area (Å²) in [5.41, 5.74) is 2.35. The van der Waals surface area contributed by atoms with Crippen molar-refractivity contribution < 1.29 is 0 Å². The molecule has 0 amide bonds. The van der Waals surface area contributed by atoms with Crippen LogP contribution in [0.5, 0.6) is 0 Å². The van der Waals surface area contributed by atoms with Gasteiger partial charge in [-0.05, 0) is 33.8 Å². The number of hydrogen-bond donors (Lipinski definition) is 1. The molecule has 0 saturated carbocycles. The minimum atomic E-state index is -0.00421. The van der Waals surface area contributed by atoms with Crippen LogP contribution < -0.4 is 5.32 Å². The number of rotatable bonds is 4. The third kappa shape index (κ3) is 4.36. The molecule has 0 spiro atoms. The van der Waals surface area contributed by atoms with E-state index in [9.17, 15) is 0 Å². The molecule has 0 saturated heterocycles. The third-order valence-electron chi connectivity index (χ3n) is 2.73. The molecule has 0 aromatic carbocycles. The fourth-order valence-corrected chi connectivity index (χ4v) is 1.22. The van der Waals surface area contributed by atoms with Crippen molar-refractivity contribution in [2.45, 2.75) is 33.2 Å². The predicted octanol–water partition coefficient (Wildman–Crippen LogP) is 2.80. The Morgan fingerprint density at radius 3 is 2.24 bits per heavy atom. The maximum atomic E-state index is 8.92. The molecular formula is C14H23N3. The second kappa shape index (κ2) is 6.15. The molecule has 0 fully saturated rings. The van der Waals surface area contributed by atoms with Crippen molar-refractivity contribution in [1.29, 1.82) is 5.26 Å². The summed E-state index contributed by atoms with van der Waals surface area (Å²) in [5, 5.41) is 12.0.